The topological polar surface area (TPSA) is 850 Å². The molecule has 0 unspecified atom stereocenters. The number of aromatic amines is 2. The van der Waals surface area contributed by atoms with Crippen molar-refractivity contribution in [2.75, 3.05) is 11.5 Å². The first kappa shape index (κ1) is 117. The van der Waals surface area contributed by atoms with Crippen molar-refractivity contribution in [2.45, 2.75) is 248 Å². The van der Waals surface area contributed by atoms with Crippen LogP contribution in [-0.4, -0.2) is 296 Å². The summed E-state index contributed by atoms with van der Waals surface area (Å²) in [6.07, 6.45) is -9.89. The zero-order chi connectivity index (χ0) is 106. The minimum atomic E-state index is -2.41. The monoisotopic (exact) mass is 2030 g/mol. The Morgan fingerprint density at radius 2 is 0.634 bits per heavy atom. The summed E-state index contributed by atoms with van der Waals surface area (Å²) in [5.74, 6) is -33.4. The number of fused-ring (bicyclic) bond motifs is 2. The van der Waals surface area contributed by atoms with E-state index >= 15 is 0 Å². The largest absolute Gasteiger partial charge is 0.508 e. The molecule has 776 valence electrons. The Hall–Kier alpha value is -15.0. The summed E-state index contributed by atoms with van der Waals surface area (Å²) < 4.78 is 0. The Morgan fingerprint density at radius 1 is 0.324 bits per heavy atom. The lowest BCUT2D eigenvalue weighted by Gasteiger charge is -2.29. The fourth-order valence-corrected chi connectivity index (χ4v) is 14.9. The van der Waals surface area contributed by atoms with Crippen LogP contribution >= 0.6 is 25.3 Å². The van der Waals surface area contributed by atoms with Gasteiger partial charge in [0.05, 0.1) is 37.8 Å². The highest BCUT2D eigenvalue weighted by Crippen LogP contribution is 2.24. The van der Waals surface area contributed by atoms with E-state index in [0.717, 1.165) is 19.1 Å². The van der Waals surface area contributed by atoms with Crippen molar-refractivity contribution < 1.29 is 146 Å². The van der Waals surface area contributed by atoms with Gasteiger partial charge in [0.2, 0.25) is 106 Å². The number of carbonyl (C=O) groups excluding carboxylic acids is 18. The number of nitrogens with two attached hydrogens (primary N) is 4. The van der Waals surface area contributed by atoms with Crippen LogP contribution in [-0.2, 0) is 130 Å². The zero-order valence-electron chi connectivity index (χ0n) is 78.4. The number of carboxylic acid groups (broad SMARTS) is 5. The second-order valence-electron chi connectivity index (χ2n) is 34.7. The van der Waals surface area contributed by atoms with Gasteiger partial charge in [-0.15, -0.1) is 0 Å². The molecule has 18 amide bonds. The fraction of sp³-hybridized carbons (Fsp3) is 0.494. The molecule has 17 atom stereocenters. The van der Waals surface area contributed by atoms with E-state index in [1.807, 2.05) is 5.32 Å². The number of phenols is 1. The number of amides is 18. The van der Waals surface area contributed by atoms with Crippen molar-refractivity contribution in [1.29, 1.82) is 0 Å². The van der Waals surface area contributed by atoms with E-state index in [4.69, 9.17) is 22.9 Å². The van der Waals surface area contributed by atoms with Crippen LogP contribution in [0.4, 0.5) is 0 Å². The number of aliphatic carboxylic acids is 5. The third-order valence-electron chi connectivity index (χ3n) is 21.8. The molecule has 53 heteroatoms. The van der Waals surface area contributed by atoms with Gasteiger partial charge in [-0.05, 0) is 97.7 Å². The van der Waals surface area contributed by atoms with E-state index in [0.29, 0.717) is 27.4 Å². The van der Waals surface area contributed by atoms with Gasteiger partial charge in [-0.1, -0.05) is 90.1 Å². The maximum atomic E-state index is 14.9. The summed E-state index contributed by atoms with van der Waals surface area (Å²) in [6, 6.07) is -11.7. The Balaban J connectivity index is 1.41. The summed E-state index contributed by atoms with van der Waals surface area (Å²) in [4.78, 5) is 319. The molecule has 0 bridgehead atoms. The van der Waals surface area contributed by atoms with Gasteiger partial charge in [0.15, 0.2) is 0 Å². The fourth-order valence-electron chi connectivity index (χ4n) is 14.4. The molecule has 0 saturated carbocycles. The van der Waals surface area contributed by atoms with Crippen molar-refractivity contribution in [3.8, 4) is 5.75 Å². The van der Waals surface area contributed by atoms with Crippen LogP contribution in [0.3, 0.4) is 0 Å². The highest BCUT2D eigenvalue weighted by Gasteiger charge is 2.42. The van der Waals surface area contributed by atoms with E-state index in [9.17, 15) is 146 Å². The van der Waals surface area contributed by atoms with E-state index in [1.54, 1.807) is 82.4 Å². The number of aliphatic hydroxyl groups is 1. The Bertz CT molecular complexity index is 5400. The Labute approximate surface area is 822 Å². The highest BCUT2D eigenvalue weighted by molar-refractivity contribution is 7.80. The van der Waals surface area contributed by atoms with Gasteiger partial charge >= 0.3 is 29.8 Å². The predicted molar refractivity (Wildman–Crippen MR) is 508 cm³/mol. The normalized spacial score (nSPS) is 14.8. The number of benzene rings is 3. The summed E-state index contributed by atoms with van der Waals surface area (Å²) in [5, 5.41) is 106. The summed E-state index contributed by atoms with van der Waals surface area (Å²) >= 11 is 8.40. The van der Waals surface area contributed by atoms with Crippen LogP contribution in [0.15, 0.2) is 85.2 Å². The van der Waals surface area contributed by atoms with Gasteiger partial charge in [0, 0.05) is 84.2 Å². The maximum Gasteiger partial charge on any atom is 0.326 e. The lowest BCUT2D eigenvalue weighted by Crippen LogP contribution is -2.62. The molecule has 0 spiro atoms. The zero-order valence-corrected chi connectivity index (χ0v) is 80.2. The van der Waals surface area contributed by atoms with Crippen LogP contribution in [0.5, 0.6) is 5.75 Å². The molecule has 2 aromatic heterocycles. The highest BCUT2D eigenvalue weighted by atomic mass is 32.1. The van der Waals surface area contributed by atoms with E-state index in [1.165, 1.54) is 32.2 Å². The molecule has 5 aromatic rings. The number of para-hydroxylation sites is 2. The SMILES string of the molecule is CC(C)C[C@H](NC(=O)[C@H](CC(C)C)NC(=O)[C@H](CC(N)=O)NC(=O)[C@H](CS)NC(=O)[C@@H](NC(=O)[C@H](Cc1c[nH]c2ccccc12)NC(=O)[C@H](CCC(N)=O)NC(=O)[C@H](CCC(=O)O)NC(=O)[C@H](CC(=O)O)NC(=O)[C@H](CC(N)=O)NC(=O)[C@H](Cc1ccc(O)cc1)NC(=O)[C@H](CCC(=O)O)NC(=O)[C@H](CS)NC(=O)[C@@H](NC(=O)[C@H](Cc1c[nH]c2ccccc12)NC(=O)[C@@H](N)CC(=O)O)C(C)C)[C@@H](C)O)C(=O)O. The number of aromatic nitrogens is 2. The predicted octanol–water partition coefficient (Wildman–Crippen LogP) is -6.25. The second kappa shape index (κ2) is 56.9. The molecule has 51 nitrogen and oxygen atoms in total. The molecule has 0 radical (unpaired) electrons. The molecular formula is C89H123N21O30S2. The lowest BCUT2D eigenvalue weighted by molar-refractivity contribution is -0.143. The maximum absolute atomic E-state index is 14.9. The number of nitrogens with one attached hydrogen (secondary N) is 17. The van der Waals surface area contributed by atoms with Crippen LogP contribution in [0.25, 0.3) is 21.8 Å². The van der Waals surface area contributed by atoms with E-state index < -0.39 is 333 Å². The molecule has 5 rings (SSSR count). The first-order chi connectivity index (χ1) is 66.7. The number of thiol groups is 2. The Kier molecular flexibility index (Phi) is 47.1. The van der Waals surface area contributed by atoms with Crippen molar-refractivity contribution >= 4 is 183 Å². The molecule has 142 heavy (non-hydrogen) atoms. The summed E-state index contributed by atoms with van der Waals surface area (Å²) in [7, 11) is 0. The van der Waals surface area contributed by atoms with Crippen molar-refractivity contribution in [1.82, 2.24) is 89.7 Å². The number of hydrogen-bond donors (Lipinski definition) is 30. The smallest absolute Gasteiger partial charge is 0.326 e. The first-order valence-corrected chi connectivity index (χ1v) is 46.0. The average Bonchev–Trinajstić information content (AvgIpc) is 1.67. The minimum Gasteiger partial charge on any atom is -0.508 e. The van der Waals surface area contributed by atoms with Crippen LogP contribution in [0, 0.1) is 17.8 Å². The number of carboxylic acids is 5. The van der Waals surface area contributed by atoms with Crippen LogP contribution in [0.1, 0.15) is 142 Å². The number of H-pyrrole nitrogens is 2. The number of carbonyl (C=O) groups is 23. The first-order valence-electron chi connectivity index (χ1n) is 44.7. The number of hydrogen-bond acceptors (Lipinski definition) is 28. The van der Waals surface area contributed by atoms with Gasteiger partial charge in [0.1, 0.15) is 96.4 Å². The molecule has 0 aliphatic rings. The third-order valence-corrected chi connectivity index (χ3v) is 22.5. The van der Waals surface area contributed by atoms with Crippen molar-refractivity contribution in [3.05, 3.63) is 102 Å². The van der Waals surface area contributed by atoms with E-state index in [-0.39, 0.29) is 48.0 Å². The summed E-state index contributed by atoms with van der Waals surface area (Å²) in [5.41, 5.74) is 24.4. The standard InChI is InChI=1S/C89H123N21O30S2/c1-39(2)26-55(78(128)106-62(89(139)140)27-40(3)4)100-80(130)60(33-67(93)115)104-86(136)64(38-142)108-88(138)73(42(7)111)110-84(134)58(30-45-36-95-51-15-11-9-13-48(45)51)102-76(126)52(20-23-65(91)113)96-75(125)53(21-24-68(116)117)97-82(132)61(34-71(122)123)105-81(131)59(32-66(92)114)103-79(129)56(28-43-16-18-46(112)19-17-43)101-77(127)54(22-25-69(118)119)98-85(135)63(37-141)107-87(137)72(41(5)6)109-83(133)57(99-74(124)49(90)31-70(120)121)29-44-35-94-50-14-10-8-12-47(44)50/h8-19,35-36,39-42,49,52-64,72-73,94-95,111-112,141-142H,20-34,37-38,90H2,1-7H3,(H2,91,113)(H2,92,114)(H2,93,115)(H,96,125)(H,97,132)(H,98,135)(H,99,124)(H,100,130)(H,101,127)(H,102,126)(H,103,129)(H,104,136)(H,105,131)(H,106,128)(H,107,137)(H,108,138)(H,109,133)(H,110,134)(H,116,117)(H,118,119)(H,120,121)(H,122,123)(H,139,140)/t42-,49+,52+,53+,54+,55+,56+,57+,58+,59+,60+,61+,62+,63+,64+,72+,73+/m1/s1. The average molecular weight is 2030 g/mol. The number of rotatable bonds is 62. The molecule has 32 N–H and O–H groups in total. The van der Waals surface area contributed by atoms with Gasteiger partial charge in [-0.25, -0.2) is 4.79 Å². The quantitative estimate of drug-likeness (QED) is 0.0161. The number of aromatic hydroxyl groups is 1. The molecule has 0 saturated heterocycles. The molecular weight excluding hydrogens is 1910 g/mol. The number of aliphatic hydroxyl groups excluding tert-OH is 1. The molecule has 2 heterocycles. The number of phenolic OH excluding ortho intramolecular Hbond substituents is 1. The lowest BCUT2D eigenvalue weighted by atomic mass is 10.00. The van der Waals surface area contributed by atoms with Gasteiger partial charge < -0.3 is 148 Å². The second-order valence-corrected chi connectivity index (χ2v) is 35.5. The molecule has 3 aromatic carbocycles. The van der Waals surface area contributed by atoms with Gasteiger partial charge in [0.25, 0.3) is 0 Å². The Morgan fingerprint density at radius 3 is 1.01 bits per heavy atom. The van der Waals surface area contributed by atoms with Crippen molar-refractivity contribution in [2.24, 2.45) is 40.7 Å². The molecule has 0 fully saturated rings. The van der Waals surface area contributed by atoms with Crippen LogP contribution < -0.4 is 103 Å². The van der Waals surface area contributed by atoms with Crippen molar-refractivity contribution in [3.63, 3.8) is 0 Å². The van der Waals surface area contributed by atoms with E-state index in [2.05, 4.69) is 110 Å². The summed E-state index contributed by atoms with van der Waals surface area (Å²) in [6.45, 7) is 10.8. The van der Waals surface area contributed by atoms with Gasteiger partial charge in [-0.2, -0.15) is 25.3 Å². The third kappa shape index (κ3) is 39.0. The molecule has 0 aliphatic carbocycles. The number of primary amides is 3. The van der Waals surface area contributed by atoms with Crippen LogP contribution in [0.2, 0.25) is 0 Å². The minimum absolute atomic E-state index is 0.00211. The van der Waals surface area contributed by atoms with Gasteiger partial charge in [-0.3, -0.25) is 105 Å². The molecule has 0 aliphatic heterocycles.